The highest BCUT2D eigenvalue weighted by Crippen LogP contribution is 2.13. The highest BCUT2D eigenvalue weighted by atomic mass is 127. The Morgan fingerprint density at radius 3 is 1.62 bits per heavy atom. The van der Waals surface area contributed by atoms with Crippen molar-refractivity contribution in [1.29, 1.82) is 0 Å². The molecule has 0 radical (unpaired) electrons. The number of hydrogen-bond acceptors (Lipinski definition) is 1. The van der Waals surface area contributed by atoms with Gasteiger partial charge in [0.15, 0.2) is 0 Å². The molecule has 0 aromatic heterocycles. The van der Waals surface area contributed by atoms with Crippen LogP contribution < -0.4 is 0 Å². The number of aliphatic hydroxyl groups excluding tert-OH is 1. The van der Waals surface area contributed by atoms with Gasteiger partial charge in [0.25, 0.3) is 0 Å². The lowest BCUT2D eigenvalue weighted by Crippen LogP contribution is -1.89. The summed E-state index contributed by atoms with van der Waals surface area (Å²) in [7, 11) is 0. The monoisotopic (exact) mass is 522 g/mol. The van der Waals surface area contributed by atoms with Crippen molar-refractivity contribution in [2.75, 3.05) is 0 Å². The number of aliphatic hydroxyl groups is 1. The average molecular weight is 522 g/mol. The molecule has 0 spiro atoms. The minimum Gasteiger partial charge on any atom is -0.392 e. The van der Waals surface area contributed by atoms with Gasteiger partial charge >= 0.3 is 0 Å². The largest absolute Gasteiger partial charge is 0.392 e. The van der Waals surface area contributed by atoms with Gasteiger partial charge in [-0.3, -0.25) is 0 Å². The third-order valence-corrected chi connectivity index (χ3v) is 3.67. The molecule has 0 aliphatic carbocycles. The van der Waals surface area contributed by atoms with E-state index in [9.17, 15) is 13.2 Å². The Balaban J connectivity index is 0.000000364. The van der Waals surface area contributed by atoms with E-state index in [0.29, 0.717) is 5.56 Å². The summed E-state index contributed by atoms with van der Waals surface area (Å²) in [5.74, 6) is -0.814. The minimum absolute atomic E-state index is 0. The molecule has 0 bridgehead atoms. The molecule has 0 aliphatic heterocycles. The lowest BCUT2D eigenvalue weighted by atomic mass is 10.2. The van der Waals surface area contributed by atoms with Crippen LogP contribution in [0.3, 0.4) is 0 Å². The lowest BCUT2D eigenvalue weighted by molar-refractivity contribution is 0.275. The Kier molecular flexibility index (Phi) is 10.2. The molecule has 1 N–H and O–H groups in total. The summed E-state index contributed by atoms with van der Waals surface area (Å²) in [6.45, 7) is -0.967. The number of alkyl halides is 1. The second-order valence-electron chi connectivity index (χ2n) is 3.76. The van der Waals surface area contributed by atoms with Crippen LogP contribution in [0.1, 0.15) is 18.6 Å². The number of rotatable bonds is 2. The van der Waals surface area contributed by atoms with Gasteiger partial charge in [-0.1, -0.05) is 7.43 Å². The molecule has 0 saturated heterocycles. The lowest BCUT2D eigenvalue weighted by Gasteiger charge is -1.97. The fourth-order valence-corrected chi connectivity index (χ4v) is 2.42. The Morgan fingerprint density at radius 1 is 0.857 bits per heavy atom. The van der Waals surface area contributed by atoms with Gasteiger partial charge in [0, 0.05) is 18.3 Å². The predicted molar refractivity (Wildman–Crippen MR) is 95.7 cm³/mol. The van der Waals surface area contributed by atoms with Crippen LogP contribution in [0.25, 0.3) is 0 Å². The summed E-state index contributed by atoms with van der Waals surface area (Å²) in [5.41, 5.74) is 0.485. The van der Waals surface area contributed by atoms with Gasteiger partial charge < -0.3 is 5.11 Å². The molecule has 0 aliphatic rings. The first kappa shape index (κ1) is 20.6. The van der Waals surface area contributed by atoms with E-state index < -0.39 is 12.5 Å². The Labute approximate surface area is 149 Å². The minimum atomic E-state index is -0.733. The highest BCUT2D eigenvalue weighted by molar-refractivity contribution is 14.1. The third-order valence-electron chi connectivity index (χ3n) is 2.33. The average Bonchev–Trinajstić information content (AvgIpc) is 2.44. The fraction of sp³-hybridized carbons (Fsp3) is 0.200. The normalized spacial score (nSPS) is 9.43. The van der Waals surface area contributed by atoms with Crippen molar-refractivity contribution in [3.63, 3.8) is 0 Å². The predicted octanol–water partition coefficient (Wildman–Crippen LogP) is 5.46. The van der Waals surface area contributed by atoms with E-state index in [1.165, 1.54) is 18.2 Å². The first-order chi connectivity index (χ1) is 9.47. The third kappa shape index (κ3) is 6.96. The van der Waals surface area contributed by atoms with Crippen molar-refractivity contribution < 1.29 is 18.3 Å². The van der Waals surface area contributed by atoms with Gasteiger partial charge in [0.1, 0.15) is 18.3 Å². The van der Waals surface area contributed by atoms with E-state index in [1.807, 2.05) is 22.6 Å². The number of benzene rings is 2. The maximum atomic E-state index is 12.6. The quantitative estimate of drug-likeness (QED) is 0.520. The molecule has 0 unspecified atom stereocenters. The van der Waals surface area contributed by atoms with Crippen LogP contribution in [0.4, 0.5) is 13.2 Å². The molecule has 2 rings (SSSR count). The summed E-state index contributed by atoms with van der Waals surface area (Å²) >= 11 is 4.08. The maximum absolute atomic E-state index is 12.6. The van der Waals surface area contributed by atoms with E-state index in [-0.39, 0.29) is 25.4 Å². The molecule has 0 amide bonds. The molecule has 116 valence electrons. The molecule has 1 nitrogen and oxygen atoms in total. The number of hydrogen-bond donors (Lipinski definition) is 1. The van der Waals surface area contributed by atoms with Crippen LogP contribution in [-0.2, 0) is 13.3 Å². The molecule has 21 heavy (non-hydrogen) atoms. The van der Waals surface area contributed by atoms with Crippen LogP contribution >= 0.6 is 45.2 Å². The van der Waals surface area contributed by atoms with E-state index >= 15 is 0 Å². The molecule has 0 fully saturated rings. The van der Waals surface area contributed by atoms with Crippen LogP contribution in [-0.4, -0.2) is 5.11 Å². The smallest absolute Gasteiger partial charge is 0.129 e. The first-order valence-electron chi connectivity index (χ1n) is 5.52. The van der Waals surface area contributed by atoms with Crippen LogP contribution in [0.15, 0.2) is 36.4 Å². The standard InChI is InChI=1S/C7H5F2I.C7H6FIO.CH4/c8-4-5-3-6(10)1-2-7(5)9;8-7-2-1-6(9)3-5(7)4-10;/h1-3H,4H2;1-3,10H,4H2;1H4. The van der Waals surface area contributed by atoms with Gasteiger partial charge in [-0.25, -0.2) is 13.2 Å². The Bertz CT molecular complexity index is 525. The zero-order valence-corrected chi connectivity index (χ0v) is 14.5. The molecule has 0 atom stereocenters. The second kappa shape index (κ2) is 10.4. The van der Waals surface area contributed by atoms with Crippen LogP contribution in [0.2, 0.25) is 0 Å². The van der Waals surface area contributed by atoms with Crippen molar-refractivity contribution in [3.8, 4) is 0 Å². The van der Waals surface area contributed by atoms with E-state index in [2.05, 4.69) is 22.6 Å². The molecule has 6 heteroatoms. The summed E-state index contributed by atoms with van der Waals surface area (Å²) < 4.78 is 38.8. The van der Waals surface area contributed by atoms with Gasteiger partial charge in [0.2, 0.25) is 0 Å². The summed E-state index contributed by atoms with van der Waals surface area (Å²) in [6, 6.07) is 9.01. The van der Waals surface area contributed by atoms with Gasteiger partial charge in [0.05, 0.1) is 6.61 Å². The maximum Gasteiger partial charge on any atom is 0.129 e. The molecule has 0 heterocycles. The topological polar surface area (TPSA) is 20.2 Å². The SMILES string of the molecule is C.FCc1cc(I)ccc1F.OCc1cc(I)ccc1F. The van der Waals surface area contributed by atoms with Gasteiger partial charge in [-0.2, -0.15) is 0 Å². The molecular weight excluding hydrogens is 507 g/mol. The molecular formula is C15H15F3I2O. The van der Waals surface area contributed by atoms with Gasteiger partial charge in [-0.05, 0) is 81.6 Å². The van der Waals surface area contributed by atoms with Crippen molar-refractivity contribution in [1.82, 2.24) is 0 Å². The second-order valence-corrected chi connectivity index (χ2v) is 6.25. The number of halogens is 5. The van der Waals surface area contributed by atoms with Crippen LogP contribution in [0.5, 0.6) is 0 Å². The summed E-state index contributed by atoms with van der Waals surface area (Å²) in [6.07, 6.45) is 0. The Hall–Kier alpha value is -0.350. The van der Waals surface area contributed by atoms with E-state index in [1.54, 1.807) is 18.2 Å². The zero-order chi connectivity index (χ0) is 15.1. The Morgan fingerprint density at radius 2 is 1.29 bits per heavy atom. The molecule has 0 saturated carbocycles. The van der Waals surface area contributed by atoms with Crippen molar-refractivity contribution in [2.24, 2.45) is 0 Å². The first-order valence-corrected chi connectivity index (χ1v) is 7.68. The highest BCUT2D eigenvalue weighted by Gasteiger charge is 2.00. The summed E-state index contributed by atoms with van der Waals surface area (Å²) in [5, 5.41) is 8.60. The van der Waals surface area contributed by atoms with Crippen molar-refractivity contribution >= 4 is 45.2 Å². The van der Waals surface area contributed by atoms with Crippen LogP contribution in [0, 0.1) is 18.8 Å². The molecule has 2 aromatic rings. The van der Waals surface area contributed by atoms with E-state index in [0.717, 1.165) is 7.14 Å². The van der Waals surface area contributed by atoms with E-state index in [4.69, 9.17) is 5.11 Å². The van der Waals surface area contributed by atoms with Gasteiger partial charge in [-0.15, -0.1) is 0 Å². The van der Waals surface area contributed by atoms with Crippen molar-refractivity contribution in [2.45, 2.75) is 20.7 Å². The molecule has 2 aromatic carbocycles. The fourth-order valence-electron chi connectivity index (χ4n) is 1.31. The van der Waals surface area contributed by atoms with Crippen molar-refractivity contribution in [3.05, 3.63) is 66.3 Å². The summed E-state index contributed by atoms with van der Waals surface area (Å²) in [4.78, 5) is 0. The zero-order valence-electron chi connectivity index (χ0n) is 10.2.